The fourth-order valence-electron chi connectivity index (χ4n) is 2.66. The summed E-state index contributed by atoms with van der Waals surface area (Å²) in [5, 5.41) is 10.6. The van der Waals surface area contributed by atoms with E-state index in [9.17, 15) is 14.7 Å². The van der Waals surface area contributed by atoms with Crippen molar-refractivity contribution in [3.63, 3.8) is 0 Å². The molecule has 6 nitrogen and oxygen atoms in total. The summed E-state index contributed by atoms with van der Waals surface area (Å²) in [6, 6.07) is 15.1. The molecule has 0 aliphatic rings. The fourth-order valence-corrected chi connectivity index (χ4v) is 2.66. The second-order valence-electron chi connectivity index (χ2n) is 6.08. The van der Waals surface area contributed by atoms with E-state index in [1.807, 2.05) is 56.3 Å². The van der Waals surface area contributed by atoms with E-state index in [1.54, 1.807) is 6.07 Å². The highest BCUT2D eigenvalue weighted by molar-refractivity contribution is 5.82. The Morgan fingerprint density at radius 2 is 1.85 bits per heavy atom. The molecule has 0 radical (unpaired) electrons. The van der Waals surface area contributed by atoms with Crippen molar-refractivity contribution >= 4 is 6.21 Å². The minimum absolute atomic E-state index is 0.0542. The highest BCUT2D eigenvalue weighted by Crippen LogP contribution is 2.20. The standard InChI is InChI=1S/C20H19N3O3/c1-13-8-9-14(2)17(10-13)23-19(25)16(18(24)22-20(23)26)12-21-11-15-6-4-3-5-7-15/h3-10,12,25H,11H2,1-2H3,(H,22,24,26). The molecule has 0 aliphatic carbocycles. The van der Waals surface area contributed by atoms with Gasteiger partial charge < -0.3 is 5.11 Å². The monoisotopic (exact) mass is 349 g/mol. The van der Waals surface area contributed by atoms with E-state index >= 15 is 0 Å². The van der Waals surface area contributed by atoms with Crippen LogP contribution in [0.25, 0.3) is 5.69 Å². The van der Waals surface area contributed by atoms with Crippen molar-refractivity contribution in [2.75, 3.05) is 0 Å². The van der Waals surface area contributed by atoms with Gasteiger partial charge in [-0.25, -0.2) is 9.36 Å². The summed E-state index contributed by atoms with van der Waals surface area (Å²) >= 11 is 0. The molecule has 1 aromatic heterocycles. The topological polar surface area (TPSA) is 87.4 Å². The Hall–Kier alpha value is -3.41. The Balaban J connectivity index is 2.06. The largest absolute Gasteiger partial charge is 0.493 e. The SMILES string of the molecule is Cc1ccc(C)c(-n2c(O)c(C=NCc3ccccc3)c(=O)[nH]c2=O)c1. The molecule has 0 bridgehead atoms. The lowest BCUT2D eigenvalue weighted by molar-refractivity contribution is 0.430. The average Bonchev–Trinajstić information content (AvgIpc) is 2.61. The summed E-state index contributed by atoms with van der Waals surface area (Å²) in [6.07, 6.45) is 1.29. The number of hydrogen-bond acceptors (Lipinski definition) is 4. The van der Waals surface area contributed by atoms with Crippen molar-refractivity contribution in [2.45, 2.75) is 20.4 Å². The van der Waals surface area contributed by atoms with Gasteiger partial charge in [-0.2, -0.15) is 0 Å². The summed E-state index contributed by atoms with van der Waals surface area (Å²) in [5.41, 5.74) is 1.80. The van der Waals surface area contributed by atoms with Crippen molar-refractivity contribution in [3.8, 4) is 11.6 Å². The number of hydrogen-bond donors (Lipinski definition) is 2. The number of nitrogens with one attached hydrogen (secondary N) is 1. The van der Waals surface area contributed by atoms with Crippen LogP contribution in [0.3, 0.4) is 0 Å². The minimum Gasteiger partial charge on any atom is -0.493 e. The maximum Gasteiger partial charge on any atom is 0.335 e. The van der Waals surface area contributed by atoms with Crippen molar-refractivity contribution in [3.05, 3.63) is 91.6 Å². The third-order valence-electron chi connectivity index (χ3n) is 4.06. The number of aromatic amines is 1. The van der Waals surface area contributed by atoms with Crippen LogP contribution in [0.5, 0.6) is 5.88 Å². The van der Waals surface area contributed by atoms with Crippen LogP contribution in [0.4, 0.5) is 0 Å². The number of benzene rings is 2. The number of aliphatic imine (C=N–C) groups is 1. The lowest BCUT2D eigenvalue weighted by Crippen LogP contribution is -2.31. The Bertz CT molecular complexity index is 1080. The van der Waals surface area contributed by atoms with Crippen LogP contribution < -0.4 is 11.2 Å². The molecule has 3 rings (SSSR count). The number of aryl methyl sites for hydroxylation is 2. The molecule has 0 aliphatic heterocycles. The van der Waals surface area contributed by atoms with Crippen LogP contribution in [-0.4, -0.2) is 20.9 Å². The Labute approximate surface area is 150 Å². The van der Waals surface area contributed by atoms with E-state index in [0.717, 1.165) is 21.3 Å². The molecule has 2 N–H and O–H groups in total. The van der Waals surface area contributed by atoms with Crippen LogP contribution >= 0.6 is 0 Å². The van der Waals surface area contributed by atoms with E-state index in [2.05, 4.69) is 9.98 Å². The Kier molecular flexibility index (Phi) is 4.84. The molecule has 0 atom stereocenters. The van der Waals surface area contributed by atoms with Gasteiger partial charge in [0.05, 0.1) is 12.2 Å². The average molecular weight is 349 g/mol. The van der Waals surface area contributed by atoms with Gasteiger partial charge in [-0.1, -0.05) is 42.5 Å². The molecule has 3 aromatic rings. The highest BCUT2D eigenvalue weighted by atomic mass is 16.3. The molecule has 0 fully saturated rings. The fraction of sp³-hybridized carbons (Fsp3) is 0.150. The van der Waals surface area contributed by atoms with Gasteiger partial charge in [-0.3, -0.25) is 14.8 Å². The van der Waals surface area contributed by atoms with Gasteiger partial charge >= 0.3 is 5.69 Å². The molecule has 0 saturated heterocycles. The molecule has 132 valence electrons. The predicted octanol–water partition coefficient (Wildman–Crippen LogP) is 2.47. The number of rotatable bonds is 4. The predicted molar refractivity (Wildman–Crippen MR) is 102 cm³/mol. The van der Waals surface area contributed by atoms with Crippen LogP contribution in [0.1, 0.15) is 22.3 Å². The lowest BCUT2D eigenvalue weighted by atomic mass is 10.1. The normalized spacial score (nSPS) is 11.2. The van der Waals surface area contributed by atoms with Gasteiger partial charge in [0.2, 0.25) is 5.88 Å². The molecule has 26 heavy (non-hydrogen) atoms. The molecule has 0 spiro atoms. The first kappa shape index (κ1) is 17.4. The summed E-state index contributed by atoms with van der Waals surface area (Å²) < 4.78 is 1.09. The molecule has 6 heteroatoms. The maximum atomic E-state index is 12.3. The van der Waals surface area contributed by atoms with E-state index < -0.39 is 17.1 Å². The van der Waals surface area contributed by atoms with Crippen LogP contribution in [0.2, 0.25) is 0 Å². The first-order chi connectivity index (χ1) is 12.5. The first-order valence-corrected chi connectivity index (χ1v) is 8.17. The zero-order chi connectivity index (χ0) is 18.7. The van der Waals surface area contributed by atoms with Gasteiger partial charge in [0, 0.05) is 6.21 Å². The smallest absolute Gasteiger partial charge is 0.335 e. The van der Waals surface area contributed by atoms with E-state index in [1.165, 1.54) is 6.21 Å². The van der Waals surface area contributed by atoms with Crippen LogP contribution in [-0.2, 0) is 6.54 Å². The lowest BCUT2D eigenvalue weighted by Gasteiger charge is -2.12. The molecule has 2 aromatic carbocycles. The second-order valence-corrected chi connectivity index (χ2v) is 6.08. The van der Waals surface area contributed by atoms with E-state index in [4.69, 9.17) is 0 Å². The molecule has 0 saturated carbocycles. The minimum atomic E-state index is -0.693. The van der Waals surface area contributed by atoms with Gasteiger partial charge in [0.25, 0.3) is 5.56 Å². The number of aromatic hydroxyl groups is 1. The second kappa shape index (κ2) is 7.23. The van der Waals surface area contributed by atoms with E-state index in [0.29, 0.717) is 12.2 Å². The molecule has 1 heterocycles. The van der Waals surface area contributed by atoms with Crippen LogP contribution in [0.15, 0.2) is 63.1 Å². The maximum absolute atomic E-state index is 12.3. The summed E-state index contributed by atoms with van der Waals surface area (Å²) in [4.78, 5) is 30.9. The van der Waals surface area contributed by atoms with Crippen molar-refractivity contribution in [1.29, 1.82) is 0 Å². The summed E-state index contributed by atoms with van der Waals surface area (Å²) in [5.74, 6) is -0.427. The van der Waals surface area contributed by atoms with Gasteiger partial charge in [0.1, 0.15) is 5.56 Å². The molecular weight excluding hydrogens is 330 g/mol. The zero-order valence-corrected chi connectivity index (χ0v) is 14.6. The van der Waals surface area contributed by atoms with E-state index in [-0.39, 0.29) is 5.56 Å². The third-order valence-corrected chi connectivity index (χ3v) is 4.06. The van der Waals surface area contributed by atoms with Crippen LogP contribution in [0, 0.1) is 13.8 Å². The first-order valence-electron chi connectivity index (χ1n) is 8.17. The van der Waals surface area contributed by atoms with Gasteiger partial charge in [0.15, 0.2) is 0 Å². The summed E-state index contributed by atoms with van der Waals surface area (Å²) in [6.45, 7) is 4.08. The zero-order valence-electron chi connectivity index (χ0n) is 14.6. The van der Waals surface area contributed by atoms with Gasteiger partial charge in [-0.15, -0.1) is 0 Å². The quantitative estimate of drug-likeness (QED) is 0.709. The highest BCUT2D eigenvalue weighted by Gasteiger charge is 2.15. The Morgan fingerprint density at radius 3 is 2.58 bits per heavy atom. The molecule has 0 unspecified atom stereocenters. The molecule has 0 amide bonds. The Morgan fingerprint density at radius 1 is 1.12 bits per heavy atom. The third kappa shape index (κ3) is 3.49. The van der Waals surface area contributed by atoms with Crippen molar-refractivity contribution in [1.82, 2.24) is 9.55 Å². The number of H-pyrrole nitrogens is 1. The van der Waals surface area contributed by atoms with Crippen molar-refractivity contribution < 1.29 is 5.11 Å². The number of aromatic nitrogens is 2. The molecular formula is C20H19N3O3. The van der Waals surface area contributed by atoms with Crippen molar-refractivity contribution in [2.24, 2.45) is 4.99 Å². The summed E-state index contributed by atoms with van der Waals surface area (Å²) in [7, 11) is 0. The number of nitrogens with zero attached hydrogens (tertiary/aromatic N) is 2. The van der Waals surface area contributed by atoms with Gasteiger partial charge in [-0.05, 0) is 36.6 Å².